The summed E-state index contributed by atoms with van der Waals surface area (Å²) >= 11 is 0. The number of hydrazine groups is 1. The van der Waals surface area contributed by atoms with Crippen LogP contribution < -0.4 is 22.0 Å². The van der Waals surface area contributed by atoms with E-state index < -0.39 is 11.8 Å². The highest BCUT2D eigenvalue weighted by molar-refractivity contribution is 5.95. The first-order valence-corrected chi connectivity index (χ1v) is 7.64. The van der Waals surface area contributed by atoms with Crippen molar-refractivity contribution in [2.45, 2.75) is 13.5 Å². The number of hydrogen-bond acceptors (Lipinski definition) is 6. The highest BCUT2D eigenvalue weighted by atomic mass is 16.5. The SMILES string of the molecule is Cc1cncc(C(=O)N(N)Cc2ccc(C(=N)N)cc2OCC(N)=O)c1. The van der Waals surface area contributed by atoms with Gasteiger partial charge in [-0.15, -0.1) is 0 Å². The lowest BCUT2D eigenvalue weighted by atomic mass is 10.1. The van der Waals surface area contributed by atoms with Crippen molar-refractivity contribution < 1.29 is 14.3 Å². The second kappa shape index (κ2) is 8.08. The molecule has 0 bridgehead atoms. The molecule has 0 atom stereocenters. The molecule has 0 fully saturated rings. The van der Waals surface area contributed by atoms with Crippen molar-refractivity contribution in [2.75, 3.05) is 6.61 Å². The van der Waals surface area contributed by atoms with Gasteiger partial charge < -0.3 is 16.2 Å². The number of benzene rings is 1. The maximum Gasteiger partial charge on any atom is 0.269 e. The molecule has 0 spiro atoms. The third kappa shape index (κ3) is 4.77. The first-order valence-electron chi connectivity index (χ1n) is 7.64. The van der Waals surface area contributed by atoms with E-state index in [0.29, 0.717) is 16.7 Å². The monoisotopic (exact) mass is 356 g/mol. The number of hydrogen-bond donors (Lipinski definition) is 4. The smallest absolute Gasteiger partial charge is 0.269 e. The van der Waals surface area contributed by atoms with Crippen molar-refractivity contribution in [1.29, 1.82) is 5.41 Å². The van der Waals surface area contributed by atoms with Gasteiger partial charge in [0.1, 0.15) is 11.6 Å². The van der Waals surface area contributed by atoms with Gasteiger partial charge in [0, 0.05) is 23.5 Å². The fourth-order valence-corrected chi connectivity index (χ4v) is 2.23. The van der Waals surface area contributed by atoms with E-state index in [2.05, 4.69) is 4.98 Å². The summed E-state index contributed by atoms with van der Waals surface area (Å²) < 4.78 is 5.36. The number of aryl methyl sites for hydroxylation is 1. The second-order valence-corrected chi connectivity index (χ2v) is 5.68. The van der Waals surface area contributed by atoms with E-state index >= 15 is 0 Å². The second-order valence-electron chi connectivity index (χ2n) is 5.68. The zero-order chi connectivity index (χ0) is 19.3. The van der Waals surface area contributed by atoms with E-state index in [4.69, 9.17) is 27.5 Å². The zero-order valence-corrected chi connectivity index (χ0v) is 14.2. The lowest BCUT2D eigenvalue weighted by molar-refractivity contribution is -0.119. The summed E-state index contributed by atoms with van der Waals surface area (Å²) in [5, 5.41) is 8.51. The number of aromatic nitrogens is 1. The van der Waals surface area contributed by atoms with Crippen LogP contribution in [0.25, 0.3) is 0 Å². The van der Waals surface area contributed by atoms with Gasteiger partial charge >= 0.3 is 0 Å². The summed E-state index contributed by atoms with van der Waals surface area (Å²) in [7, 11) is 0. The van der Waals surface area contributed by atoms with E-state index in [1.54, 1.807) is 24.4 Å². The van der Waals surface area contributed by atoms with Crippen LogP contribution in [0.2, 0.25) is 0 Å². The third-order valence-electron chi connectivity index (χ3n) is 3.47. The fourth-order valence-electron chi connectivity index (χ4n) is 2.23. The van der Waals surface area contributed by atoms with Crippen LogP contribution in [0.15, 0.2) is 36.7 Å². The molecule has 0 radical (unpaired) electrons. The van der Waals surface area contributed by atoms with Crippen molar-refractivity contribution in [3.8, 4) is 5.75 Å². The number of primary amides is 1. The van der Waals surface area contributed by atoms with Crippen molar-refractivity contribution >= 4 is 17.6 Å². The van der Waals surface area contributed by atoms with E-state index in [-0.39, 0.29) is 24.7 Å². The molecule has 26 heavy (non-hydrogen) atoms. The number of nitrogens with one attached hydrogen (secondary N) is 1. The van der Waals surface area contributed by atoms with Gasteiger partial charge in [0.15, 0.2) is 6.61 Å². The number of ether oxygens (including phenoxy) is 1. The molecule has 7 N–H and O–H groups in total. The Morgan fingerprint density at radius 2 is 1.92 bits per heavy atom. The van der Waals surface area contributed by atoms with E-state index in [1.807, 2.05) is 6.92 Å². The van der Waals surface area contributed by atoms with Crippen LogP contribution in [0.5, 0.6) is 5.75 Å². The molecule has 1 aromatic heterocycles. The minimum Gasteiger partial charge on any atom is -0.483 e. The van der Waals surface area contributed by atoms with Gasteiger partial charge in [-0.1, -0.05) is 12.1 Å². The molecule has 136 valence electrons. The Hall–Kier alpha value is -3.46. The van der Waals surface area contributed by atoms with Gasteiger partial charge in [-0.05, 0) is 24.6 Å². The molecule has 0 aliphatic heterocycles. The Labute approximate surface area is 150 Å². The van der Waals surface area contributed by atoms with Crippen molar-refractivity contribution in [3.63, 3.8) is 0 Å². The third-order valence-corrected chi connectivity index (χ3v) is 3.47. The Morgan fingerprint density at radius 1 is 1.19 bits per heavy atom. The van der Waals surface area contributed by atoms with Crippen LogP contribution in [0.1, 0.15) is 27.0 Å². The molecular formula is C17H20N6O3. The zero-order valence-electron chi connectivity index (χ0n) is 14.2. The maximum absolute atomic E-state index is 12.4. The van der Waals surface area contributed by atoms with E-state index in [9.17, 15) is 9.59 Å². The van der Waals surface area contributed by atoms with Crippen LogP contribution in [-0.4, -0.2) is 34.2 Å². The standard InChI is InChI=1S/C17H20N6O3/c1-10-4-13(7-22-6-10)17(25)23(21)8-12-3-2-11(16(19)20)5-14(12)26-9-15(18)24/h2-7H,8-9,21H2,1H3,(H2,18,24)(H3,19,20). The number of carbonyl (C=O) groups is 2. The molecule has 0 unspecified atom stereocenters. The molecule has 9 heteroatoms. The van der Waals surface area contributed by atoms with Gasteiger partial charge in [-0.3, -0.25) is 25.0 Å². The highest BCUT2D eigenvalue weighted by Gasteiger charge is 2.17. The Balaban J connectivity index is 2.24. The number of pyridine rings is 1. The summed E-state index contributed by atoms with van der Waals surface area (Å²) in [5.74, 6) is 4.93. The van der Waals surface area contributed by atoms with E-state index in [1.165, 1.54) is 12.3 Å². The van der Waals surface area contributed by atoms with Crippen molar-refractivity contribution in [1.82, 2.24) is 9.99 Å². The molecule has 2 rings (SSSR count). The Morgan fingerprint density at radius 3 is 2.54 bits per heavy atom. The first kappa shape index (κ1) is 18.9. The summed E-state index contributed by atoms with van der Waals surface area (Å²) in [6.07, 6.45) is 3.06. The van der Waals surface area contributed by atoms with Gasteiger partial charge in [-0.2, -0.15) is 0 Å². The van der Waals surface area contributed by atoms with Crippen molar-refractivity contribution in [3.05, 3.63) is 58.9 Å². The number of amidine groups is 1. The molecule has 0 aliphatic rings. The summed E-state index contributed by atoms with van der Waals surface area (Å²) in [4.78, 5) is 27.4. The largest absolute Gasteiger partial charge is 0.483 e. The molecule has 1 heterocycles. The molecule has 0 aliphatic carbocycles. The lowest BCUT2D eigenvalue weighted by Gasteiger charge is -2.19. The minimum atomic E-state index is -0.657. The fraction of sp³-hybridized carbons (Fsp3) is 0.176. The normalized spacial score (nSPS) is 10.2. The van der Waals surface area contributed by atoms with Gasteiger partial charge in [0.05, 0.1) is 12.1 Å². The van der Waals surface area contributed by atoms with Gasteiger partial charge in [-0.25, -0.2) is 5.84 Å². The molecule has 0 saturated carbocycles. The molecular weight excluding hydrogens is 336 g/mol. The first-order chi connectivity index (χ1) is 12.3. The topological polar surface area (TPSA) is 161 Å². The van der Waals surface area contributed by atoms with Crippen LogP contribution in [0.3, 0.4) is 0 Å². The Kier molecular flexibility index (Phi) is 5.86. The molecule has 9 nitrogen and oxygen atoms in total. The number of nitrogens with two attached hydrogens (primary N) is 3. The summed E-state index contributed by atoms with van der Waals surface area (Å²) in [5.41, 5.74) is 12.7. The minimum absolute atomic E-state index is 0.0130. The number of nitrogens with zero attached hydrogens (tertiary/aromatic N) is 2. The number of nitrogen functional groups attached to an aromatic ring is 1. The molecule has 0 saturated heterocycles. The Bertz CT molecular complexity index is 852. The summed E-state index contributed by atoms with van der Waals surface area (Å²) in [6.45, 7) is 1.48. The maximum atomic E-state index is 12.4. The van der Waals surface area contributed by atoms with E-state index in [0.717, 1.165) is 10.6 Å². The average Bonchev–Trinajstić information content (AvgIpc) is 2.59. The number of carbonyl (C=O) groups excluding carboxylic acids is 2. The highest BCUT2D eigenvalue weighted by Crippen LogP contribution is 2.22. The predicted molar refractivity (Wildman–Crippen MR) is 95.2 cm³/mol. The summed E-state index contributed by atoms with van der Waals surface area (Å²) in [6, 6.07) is 6.39. The van der Waals surface area contributed by atoms with Crippen LogP contribution in [0, 0.1) is 12.3 Å². The molecule has 2 amide bonds. The van der Waals surface area contributed by atoms with Gasteiger partial charge in [0.2, 0.25) is 0 Å². The van der Waals surface area contributed by atoms with Crippen LogP contribution in [-0.2, 0) is 11.3 Å². The lowest BCUT2D eigenvalue weighted by Crippen LogP contribution is -2.37. The van der Waals surface area contributed by atoms with Crippen LogP contribution >= 0.6 is 0 Å². The van der Waals surface area contributed by atoms with Gasteiger partial charge in [0.25, 0.3) is 11.8 Å². The number of rotatable bonds is 7. The quantitative estimate of drug-likeness (QED) is 0.180. The molecule has 2 aromatic rings. The van der Waals surface area contributed by atoms with Crippen LogP contribution in [0.4, 0.5) is 0 Å². The number of amides is 2. The predicted octanol–water partition coefficient (Wildman–Crippen LogP) is 0.0543. The van der Waals surface area contributed by atoms with Crippen molar-refractivity contribution in [2.24, 2.45) is 17.3 Å². The molecule has 1 aromatic carbocycles. The average molecular weight is 356 g/mol.